The lowest BCUT2D eigenvalue weighted by molar-refractivity contribution is -0.138. The lowest BCUT2D eigenvalue weighted by Crippen LogP contribution is -2.51. The lowest BCUT2D eigenvalue weighted by atomic mass is 10.3. The Hall–Kier alpha value is -2.28. The largest absolute Gasteiger partial charge is 0.497 e. The van der Waals surface area contributed by atoms with Gasteiger partial charge in [0.2, 0.25) is 0 Å². The van der Waals surface area contributed by atoms with Gasteiger partial charge in [-0.2, -0.15) is 0 Å². The number of nitrogens with one attached hydrogen (secondary N) is 1. The van der Waals surface area contributed by atoms with Gasteiger partial charge in [-0.25, -0.2) is 4.79 Å². The molecule has 0 radical (unpaired) electrons. The summed E-state index contributed by atoms with van der Waals surface area (Å²) in [7, 11) is 1.59. The van der Waals surface area contributed by atoms with Gasteiger partial charge in [0.15, 0.2) is 0 Å². The number of benzene rings is 1. The Labute approximate surface area is 123 Å². The molecule has 2 N–H and O–H groups in total. The highest BCUT2D eigenvalue weighted by Crippen LogP contribution is 2.15. The first-order valence-corrected chi connectivity index (χ1v) is 6.72. The molecule has 0 aromatic heterocycles. The summed E-state index contributed by atoms with van der Waals surface area (Å²) in [6.45, 7) is 2.21. The van der Waals surface area contributed by atoms with Crippen molar-refractivity contribution < 1.29 is 19.4 Å². The molecule has 7 nitrogen and oxygen atoms in total. The third-order valence-corrected chi connectivity index (χ3v) is 3.36. The van der Waals surface area contributed by atoms with Crippen molar-refractivity contribution in [3.05, 3.63) is 24.3 Å². The van der Waals surface area contributed by atoms with Crippen LogP contribution >= 0.6 is 0 Å². The van der Waals surface area contributed by atoms with E-state index in [9.17, 15) is 9.59 Å². The molecule has 2 rings (SSSR count). The van der Waals surface area contributed by atoms with Gasteiger partial charge in [0, 0.05) is 31.9 Å². The Morgan fingerprint density at radius 3 is 2.33 bits per heavy atom. The van der Waals surface area contributed by atoms with Crippen molar-refractivity contribution in [1.82, 2.24) is 9.80 Å². The quantitative estimate of drug-likeness (QED) is 0.863. The first-order valence-electron chi connectivity index (χ1n) is 6.72. The lowest BCUT2D eigenvalue weighted by Gasteiger charge is -2.33. The zero-order valence-electron chi connectivity index (χ0n) is 11.9. The molecule has 114 valence electrons. The third-order valence-electron chi connectivity index (χ3n) is 3.36. The van der Waals surface area contributed by atoms with E-state index in [2.05, 4.69) is 5.32 Å². The van der Waals surface area contributed by atoms with Crippen LogP contribution in [0.3, 0.4) is 0 Å². The van der Waals surface area contributed by atoms with Gasteiger partial charge in [0.05, 0.1) is 13.7 Å². The van der Waals surface area contributed by atoms with Crippen LogP contribution in [0.25, 0.3) is 0 Å². The highest BCUT2D eigenvalue weighted by molar-refractivity contribution is 5.89. The average Bonchev–Trinajstić information content (AvgIpc) is 2.48. The summed E-state index contributed by atoms with van der Waals surface area (Å²) in [6.07, 6.45) is 0. The monoisotopic (exact) mass is 293 g/mol. The van der Waals surface area contributed by atoms with Crippen molar-refractivity contribution in [1.29, 1.82) is 0 Å². The number of ether oxygens (including phenoxy) is 1. The molecule has 1 aromatic carbocycles. The molecule has 0 bridgehead atoms. The van der Waals surface area contributed by atoms with E-state index in [-0.39, 0.29) is 12.6 Å². The topological polar surface area (TPSA) is 82.1 Å². The van der Waals surface area contributed by atoms with Gasteiger partial charge in [-0.15, -0.1) is 0 Å². The molecule has 1 aliphatic rings. The molecular weight excluding hydrogens is 274 g/mol. The summed E-state index contributed by atoms with van der Waals surface area (Å²) < 4.78 is 5.06. The summed E-state index contributed by atoms with van der Waals surface area (Å²) >= 11 is 0. The average molecular weight is 293 g/mol. The number of aliphatic carboxylic acids is 1. The molecule has 1 heterocycles. The minimum atomic E-state index is -0.842. The van der Waals surface area contributed by atoms with Crippen LogP contribution in [-0.4, -0.2) is 66.7 Å². The molecule has 1 saturated heterocycles. The van der Waals surface area contributed by atoms with E-state index in [0.29, 0.717) is 31.9 Å². The second-order valence-electron chi connectivity index (χ2n) is 4.82. The Kier molecular flexibility index (Phi) is 4.99. The van der Waals surface area contributed by atoms with Crippen molar-refractivity contribution in [2.24, 2.45) is 0 Å². The van der Waals surface area contributed by atoms with Crippen molar-refractivity contribution in [3.63, 3.8) is 0 Å². The minimum Gasteiger partial charge on any atom is -0.497 e. The van der Waals surface area contributed by atoms with E-state index >= 15 is 0 Å². The Bertz CT molecular complexity index is 495. The number of rotatable bonds is 4. The van der Waals surface area contributed by atoms with Gasteiger partial charge >= 0.3 is 12.0 Å². The van der Waals surface area contributed by atoms with Crippen molar-refractivity contribution >= 4 is 17.7 Å². The maximum Gasteiger partial charge on any atom is 0.321 e. The summed E-state index contributed by atoms with van der Waals surface area (Å²) in [5.74, 6) is -0.110. The van der Waals surface area contributed by atoms with E-state index < -0.39 is 5.97 Å². The highest BCUT2D eigenvalue weighted by Gasteiger charge is 2.22. The van der Waals surface area contributed by atoms with E-state index in [4.69, 9.17) is 9.84 Å². The molecule has 0 spiro atoms. The Morgan fingerprint density at radius 2 is 1.81 bits per heavy atom. The SMILES string of the molecule is COc1ccc(NC(=O)N2CCN(CC(=O)O)CC2)cc1. The van der Waals surface area contributed by atoms with Gasteiger partial charge in [-0.3, -0.25) is 9.69 Å². The second kappa shape index (κ2) is 6.94. The number of anilines is 1. The Balaban J connectivity index is 1.82. The maximum absolute atomic E-state index is 12.1. The predicted molar refractivity (Wildman–Crippen MR) is 77.7 cm³/mol. The van der Waals surface area contributed by atoms with Crippen LogP contribution in [0.1, 0.15) is 0 Å². The fraction of sp³-hybridized carbons (Fsp3) is 0.429. The van der Waals surface area contributed by atoms with Crippen LogP contribution in [0.2, 0.25) is 0 Å². The number of hydrogen-bond donors (Lipinski definition) is 2. The van der Waals surface area contributed by atoms with E-state index in [1.807, 2.05) is 4.90 Å². The van der Waals surface area contributed by atoms with Gasteiger partial charge in [-0.05, 0) is 24.3 Å². The number of piperazine rings is 1. The van der Waals surface area contributed by atoms with E-state index in [1.54, 1.807) is 36.3 Å². The molecule has 2 amide bonds. The van der Waals surface area contributed by atoms with Crippen LogP contribution in [0.5, 0.6) is 5.75 Å². The van der Waals surface area contributed by atoms with Crippen molar-refractivity contribution in [2.45, 2.75) is 0 Å². The summed E-state index contributed by atoms with van der Waals surface area (Å²) in [6, 6.07) is 6.94. The number of methoxy groups -OCH3 is 1. The van der Waals surface area contributed by atoms with Gasteiger partial charge in [-0.1, -0.05) is 0 Å². The first-order chi connectivity index (χ1) is 10.1. The standard InChI is InChI=1S/C14H19N3O4/c1-21-12-4-2-11(3-5-12)15-14(20)17-8-6-16(7-9-17)10-13(18)19/h2-5H,6-10H2,1H3,(H,15,20)(H,18,19). The molecule has 7 heteroatoms. The first kappa shape index (κ1) is 15.1. The zero-order valence-corrected chi connectivity index (χ0v) is 11.9. The number of carboxylic acid groups (broad SMARTS) is 1. The number of urea groups is 1. The van der Waals surface area contributed by atoms with Crippen LogP contribution < -0.4 is 10.1 Å². The minimum absolute atomic E-state index is 0.0218. The molecule has 1 aliphatic heterocycles. The zero-order chi connectivity index (χ0) is 15.2. The van der Waals surface area contributed by atoms with Crippen LogP contribution in [0.15, 0.2) is 24.3 Å². The molecule has 0 aliphatic carbocycles. The summed E-state index contributed by atoms with van der Waals surface area (Å²) in [5.41, 5.74) is 0.703. The number of nitrogens with zero attached hydrogens (tertiary/aromatic N) is 2. The second-order valence-corrected chi connectivity index (χ2v) is 4.82. The summed E-state index contributed by atoms with van der Waals surface area (Å²) in [5, 5.41) is 11.5. The fourth-order valence-corrected chi connectivity index (χ4v) is 2.18. The number of carbonyl (C=O) groups excluding carboxylic acids is 1. The van der Waals surface area contributed by atoms with Crippen molar-refractivity contribution in [3.8, 4) is 5.75 Å². The molecule has 1 fully saturated rings. The number of hydrogen-bond acceptors (Lipinski definition) is 4. The van der Waals surface area contributed by atoms with Crippen LogP contribution in [-0.2, 0) is 4.79 Å². The van der Waals surface area contributed by atoms with E-state index in [0.717, 1.165) is 5.75 Å². The number of carbonyl (C=O) groups is 2. The number of amides is 2. The van der Waals surface area contributed by atoms with E-state index in [1.165, 1.54) is 0 Å². The van der Waals surface area contributed by atoms with Gasteiger partial charge in [0.25, 0.3) is 0 Å². The normalized spacial score (nSPS) is 15.6. The molecular formula is C14H19N3O4. The number of carboxylic acids is 1. The third kappa shape index (κ3) is 4.35. The highest BCUT2D eigenvalue weighted by atomic mass is 16.5. The van der Waals surface area contributed by atoms with Crippen LogP contribution in [0, 0.1) is 0 Å². The van der Waals surface area contributed by atoms with Gasteiger partial charge in [0.1, 0.15) is 5.75 Å². The molecule has 21 heavy (non-hydrogen) atoms. The smallest absolute Gasteiger partial charge is 0.321 e. The van der Waals surface area contributed by atoms with Crippen molar-refractivity contribution in [2.75, 3.05) is 45.2 Å². The van der Waals surface area contributed by atoms with Crippen LogP contribution in [0.4, 0.5) is 10.5 Å². The predicted octanol–water partition coefficient (Wildman–Crippen LogP) is 0.929. The molecule has 0 unspecified atom stereocenters. The molecule has 0 atom stereocenters. The maximum atomic E-state index is 12.1. The fourth-order valence-electron chi connectivity index (χ4n) is 2.18. The van der Waals surface area contributed by atoms with Gasteiger partial charge < -0.3 is 20.1 Å². The Morgan fingerprint density at radius 1 is 1.19 bits per heavy atom. The molecule has 0 saturated carbocycles. The molecule has 1 aromatic rings. The summed E-state index contributed by atoms with van der Waals surface area (Å²) in [4.78, 5) is 26.2.